The van der Waals surface area contributed by atoms with Gasteiger partial charge in [0.25, 0.3) is 0 Å². The Kier molecular flexibility index (Phi) is 7.02. The molecular formula is C12H22N2O3. The molecule has 0 saturated carbocycles. The third kappa shape index (κ3) is 7.38. The zero-order valence-corrected chi connectivity index (χ0v) is 10.8. The number of hydrogen-bond donors (Lipinski definition) is 2. The second-order valence-electron chi connectivity index (χ2n) is 4.43. The first-order valence-corrected chi connectivity index (χ1v) is 5.70. The maximum absolute atomic E-state index is 11.5. The van der Waals surface area contributed by atoms with Gasteiger partial charge in [-0.25, -0.2) is 4.79 Å². The number of carbonyl (C=O) groups is 2. The molecule has 2 N–H and O–H groups in total. The Morgan fingerprint density at radius 3 is 2.53 bits per heavy atom. The number of nitrogens with one attached hydrogen (secondary N) is 1. The zero-order chi connectivity index (χ0) is 13.4. The van der Waals surface area contributed by atoms with Gasteiger partial charge in [0.05, 0.1) is 5.92 Å². The van der Waals surface area contributed by atoms with E-state index in [1.54, 1.807) is 18.9 Å². The number of amides is 2. The van der Waals surface area contributed by atoms with E-state index in [0.717, 1.165) is 5.57 Å². The van der Waals surface area contributed by atoms with Gasteiger partial charge in [-0.15, -0.1) is 0 Å². The van der Waals surface area contributed by atoms with Gasteiger partial charge >= 0.3 is 12.0 Å². The lowest BCUT2D eigenvalue weighted by Crippen LogP contribution is -2.38. The van der Waals surface area contributed by atoms with E-state index in [4.69, 9.17) is 5.11 Å². The molecule has 0 aromatic rings. The van der Waals surface area contributed by atoms with Crippen LogP contribution in [-0.2, 0) is 4.79 Å². The molecule has 5 heteroatoms. The standard InChI is InChI=1S/C12H22N2O3/c1-9(2)8-14(4)12(17)13-7-5-6-10(3)11(15)16/h10H,1,5-8H2,2-4H3,(H,13,17)(H,15,16). The summed E-state index contributed by atoms with van der Waals surface area (Å²) < 4.78 is 0. The molecular weight excluding hydrogens is 220 g/mol. The van der Waals surface area contributed by atoms with E-state index in [9.17, 15) is 9.59 Å². The lowest BCUT2D eigenvalue weighted by molar-refractivity contribution is -0.141. The number of nitrogens with zero attached hydrogens (tertiary/aromatic N) is 1. The third-order valence-corrected chi connectivity index (χ3v) is 2.37. The Bertz CT molecular complexity index is 289. The maximum atomic E-state index is 11.5. The molecule has 0 aliphatic heterocycles. The topological polar surface area (TPSA) is 69.6 Å². The van der Waals surface area contributed by atoms with Gasteiger partial charge in [0.15, 0.2) is 0 Å². The number of carboxylic acid groups (broad SMARTS) is 1. The van der Waals surface area contributed by atoms with Crippen LogP contribution in [0.2, 0.25) is 0 Å². The smallest absolute Gasteiger partial charge is 0.317 e. The number of urea groups is 1. The van der Waals surface area contributed by atoms with Crippen LogP contribution in [-0.4, -0.2) is 42.1 Å². The second kappa shape index (κ2) is 7.70. The number of rotatable bonds is 7. The van der Waals surface area contributed by atoms with Gasteiger partial charge in [0.1, 0.15) is 0 Å². The molecule has 1 atom stereocenters. The van der Waals surface area contributed by atoms with Crippen molar-refractivity contribution in [2.24, 2.45) is 5.92 Å². The molecule has 5 nitrogen and oxygen atoms in total. The molecule has 0 aromatic carbocycles. The number of hydrogen-bond acceptors (Lipinski definition) is 2. The molecule has 0 radical (unpaired) electrons. The van der Waals surface area contributed by atoms with Gasteiger partial charge in [-0.3, -0.25) is 4.79 Å². The lowest BCUT2D eigenvalue weighted by atomic mass is 10.1. The molecule has 0 aromatic heterocycles. The van der Waals surface area contributed by atoms with Crippen molar-refractivity contribution in [3.8, 4) is 0 Å². The van der Waals surface area contributed by atoms with Gasteiger partial charge < -0.3 is 15.3 Å². The van der Waals surface area contributed by atoms with E-state index in [1.165, 1.54) is 0 Å². The van der Waals surface area contributed by atoms with Crippen molar-refractivity contribution in [1.29, 1.82) is 0 Å². The van der Waals surface area contributed by atoms with E-state index in [0.29, 0.717) is 25.9 Å². The fourth-order valence-corrected chi connectivity index (χ4v) is 1.34. The molecule has 98 valence electrons. The number of aliphatic carboxylic acids is 1. The van der Waals surface area contributed by atoms with Crippen LogP contribution in [0.1, 0.15) is 26.7 Å². The van der Waals surface area contributed by atoms with Crippen molar-refractivity contribution in [1.82, 2.24) is 10.2 Å². The minimum Gasteiger partial charge on any atom is -0.481 e. The van der Waals surface area contributed by atoms with Crippen LogP contribution in [0.3, 0.4) is 0 Å². The summed E-state index contributed by atoms with van der Waals surface area (Å²) in [5.74, 6) is -1.16. The highest BCUT2D eigenvalue weighted by atomic mass is 16.4. The summed E-state index contributed by atoms with van der Waals surface area (Å²) in [4.78, 5) is 23.6. The number of carbonyl (C=O) groups excluding carboxylic acids is 1. The van der Waals surface area contributed by atoms with Gasteiger partial charge in [0.2, 0.25) is 0 Å². The predicted molar refractivity (Wildman–Crippen MR) is 66.9 cm³/mol. The third-order valence-electron chi connectivity index (χ3n) is 2.37. The predicted octanol–water partition coefficient (Wildman–Crippen LogP) is 1.70. The van der Waals surface area contributed by atoms with E-state index in [1.807, 2.05) is 6.92 Å². The molecule has 0 rings (SSSR count). The second-order valence-corrected chi connectivity index (χ2v) is 4.43. The van der Waals surface area contributed by atoms with Crippen molar-refractivity contribution >= 4 is 12.0 Å². The highest BCUT2D eigenvalue weighted by Gasteiger charge is 2.11. The summed E-state index contributed by atoms with van der Waals surface area (Å²) in [5.41, 5.74) is 0.919. The van der Waals surface area contributed by atoms with Crippen molar-refractivity contribution < 1.29 is 14.7 Å². The first-order valence-electron chi connectivity index (χ1n) is 5.70. The minimum absolute atomic E-state index is 0.157. The van der Waals surface area contributed by atoms with Crippen LogP contribution in [0.25, 0.3) is 0 Å². The molecule has 0 bridgehead atoms. The number of carboxylic acids is 1. The average molecular weight is 242 g/mol. The first kappa shape index (κ1) is 15.5. The van der Waals surface area contributed by atoms with Crippen molar-refractivity contribution in [3.63, 3.8) is 0 Å². The Morgan fingerprint density at radius 1 is 1.47 bits per heavy atom. The maximum Gasteiger partial charge on any atom is 0.317 e. The van der Waals surface area contributed by atoms with Crippen LogP contribution in [0.15, 0.2) is 12.2 Å². The Labute approximate surface area is 102 Å². The summed E-state index contributed by atoms with van der Waals surface area (Å²) in [7, 11) is 1.70. The molecule has 0 saturated heterocycles. The van der Waals surface area contributed by atoms with Gasteiger partial charge in [0, 0.05) is 20.1 Å². The molecule has 0 heterocycles. The monoisotopic (exact) mass is 242 g/mol. The van der Waals surface area contributed by atoms with Crippen LogP contribution >= 0.6 is 0 Å². The molecule has 0 aliphatic rings. The van der Waals surface area contributed by atoms with Crippen molar-refractivity contribution in [3.05, 3.63) is 12.2 Å². The first-order chi connectivity index (χ1) is 7.84. The molecule has 2 amide bonds. The minimum atomic E-state index is -0.796. The Hall–Kier alpha value is -1.52. The van der Waals surface area contributed by atoms with Gasteiger partial charge in [-0.05, 0) is 19.8 Å². The Morgan fingerprint density at radius 2 is 2.06 bits per heavy atom. The fraction of sp³-hybridized carbons (Fsp3) is 0.667. The lowest BCUT2D eigenvalue weighted by Gasteiger charge is -2.18. The molecule has 0 fully saturated rings. The normalized spacial score (nSPS) is 11.7. The van der Waals surface area contributed by atoms with E-state index >= 15 is 0 Å². The van der Waals surface area contributed by atoms with Gasteiger partial charge in [-0.2, -0.15) is 0 Å². The van der Waals surface area contributed by atoms with Gasteiger partial charge in [-0.1, -0.05) is 19.1 Å². The molecule has 17 heavy (non-hydrogen) atoms. The van der Waals surface area contributed by atoms with Crippen LogP contribution < -0.4 is 5.32 Å². The van der Waals surface area contributed by atoms with E-state index in [-0.39, 0.29) is 11.9 Å². The largest absolute Gasteiger partial charge is 0.481 e. The zero-order valence-electron chi connectivity index (χ0n) is 10.8. The van der Waals surface area contributed by atoms with Crippen molar-refractivity contribution in [2.75, 3.05) is 20.1 Å². The van der Waals surface area contributed by atoms with Crippen molar-refractivity contribution in [2.45, 2.75) is 26.7 Å². The summed E-state index contributed by atoms with van der Waals surface area (Å²) in [6.07, 6.45) is 1.24. The summed E-state index contributed by atoms with van der Waals surface area (Å²) >= 11 is 0. The summed E-state index contributed by atoms with van der Waals surface area (Å²) in [6, 6.07) is -0.157. The summed E-state index contributed by atoms with van der Waals surface area (Å²) in [6.45, 7) is 8.28. The summed E-state index contributed by atoms with van der Waals surface area (Å²) in [5, 5.41) is 11.4. The highest BCUT2D eigenvalue weighted by molar-refractivity contribution is 5.74. The SMILES string of the molecule is C=C(C)CN(C)C(=O)NCCCC(C)C(=O)O. The van der Waals surface area contributed by atoms with Crippen LogP contribution in [0.4, 0.5) is 4.79 Å². The quantitative estimate of drug-likeness (QED) is 0.527. The fourth-order valence-electron chi connectivity index (χ4n) is 1.34. The van der Waals surface area contributed by atoms with E-state index in [2.05, 4.69) is 11.9 Å². The van der Waals surface area contributed by atoms with Crippen LogP contribution in [0.5, 0.6) is 0 Å². The molecule has 0 spiro atoms. The van der Waals surface area contributed by atoms with Crippen LogP contribution in [0, 0.1) is 5.92 Å². The molecule has 0 aliphatic carbocycles. The average Bonchev–Trinajstić information content (AvgIpc) is 2.22. The molecule has 1 unspecified atom stereocenters. The highest BCUT2D eigenvalue weighted by Crippen LogP contribution is 2.04. The number of likely N-dealkylation sites (N-methyl/N-ethyl adjacent to an activating group) is 1. The Balaban J connectivity index is 3.71. The van der Waals surface area contributed by atoms with E-state index < -0.39 is 5.97 Å².